The van der Waals surface area contributed by atoms with Gasteiger partial charge in [0.15, 0.2) is 5.96 Å². The zero-order valence-electron chi connectivity index (χ0n) is 14.2. The number of rotatable bonds is 6. The number of alkyl halides is 3. The van der Waals surface area contributed by atoms with Crippen LogP contribution in [0.5, 0.6) is 0 Å². The summed E-state index contributed by atoms with van der Waals surface area (Å²) in [6.45, 7) is 3.15. The molecule has 25 heavy (non-hydrogen) atoms. The highest BCUT2D eigenvalue weighted by Crippen LogP contribution is 2.20. The zero-order valence-corrected chi connectivity index (χ0v) is 15.0. The third-order valence-corrected chi connectivity index (χ3v) is 4.34. The summed E-state index contributed by atoms with van der Waals surface area (Å²) in [5.74, 6) is 0.633. The Kier molecular flexibility index (Phi) is 7.38. The minimum Gasteiger partial charge on any atom is -0.357 e. The molecule has 0 aliphatic carbocycles. The molecule has 0 radical (unpaired) electrons. The molecule has 1 aromatic carbocycles. The first-order valence-electron chi connectivity index (χ1n) is 8.44. The van der Waals surface area contributed by atoms with E-state index in [1.807, 2.05) is 31.2 Å². The Hall–Kier alpha value is -1.47. The maximum atomic E-state index is 12.5. The van der Waals surface area contributed by atoms with Gasteiger partial charge in [0.2, 0.25) is 0 Å². The average molecular weight is 377 g/mol. The Morgan fingerprint density at radius 1 is 1.36 bits per heavy atom. The van der Waals surface area contributed by atoms with Crippen LogP contribution in [0.4, 0.5) is 13.2 Å². The quantitative estimate of drug-likeness (QED) is 0.592. The fourth-order valence-corrected chi connectivity index (χ4v) is 3.08. The second kappa shape index (κ2) is 9.29. The Bertz CT molecular complexity index is 577. The molecule has 2 rings (SSSR count). The highest BCUT2D eigenvalue weighted by molar-refractivity contribution is 6.31. The van der Waals surface area contributed by atoms with E-state index in [0.717, 1.165) is 5.56 Å². The van der Waals surface area contributed by atoms with Gasteiger partial charge in [-0.2, -0.15) is 13.2 Å². The fraction of sp³-hybridized carbons (Fsp3) is 0.588. The second-order valence-electron chi connectivity index (χ2n) is 6.08. The number of nitrogens with zero attached hydrogens (tertiary/aromatic N) is 2. The van der Waals surface area contributed by atoms with E-state index in [1.54, 1.807) is 0 Å². The van der Waals surface area contributed by atoms with E-state index in [9.17, 15) is 13.2 Å². The molecule has 1 aliphatic heterocycles. The van der Waals surface area contributed by atoms with E-state index in [0.29, 0.717) is 50.0 Å². The first kappa shape index (κ1) is 19.8. The van der Waals surface area contributed by atoms with E-state index >= 15 is 0 Å². The van der Waals surface area contributed by atoms with Gasteiger partial charge in [-0.1, -0.05) is 29.8 Å². The van der Waals surface area contributed by atoms with Crippen LogP contribution < -0.4 is 10.6 Å². The molecule has 0 bridgehead atoms. The normalized spacial score (nSPS) is 19.2. The SMILES string of the molecule is CCNC(=NCCc1ccccc1Cl)NC1CCN(CC(F)(F)F)C1. The largest absolute Gasteiger partial charge is 0.401 e. The van der Waals surface area contributed by atoms with Crippen LogP contribution in [-0.2, 0) is 6.42 Å². The second-order valence-corrected chi connectivity index (χ2v) is 6.49. The van der Waals surface area contributed by atoms with Crippen LogP contribution in [0.2, 0.25) is 5.02 Å². The van der Waals surface area contributed by atoms with Gasteiger partial charge in [0.1, 0.15) is 0 Å². The predicted octanol–water partition coefficient (Wildman–Crippen LogP) is 3.07. The highest BCUT2D eigenvalue weighted by atomic mass is 35.5. The first-order valence-corrected chi connectivity index (χ1v) is 8.82. The van der Waals surface area contributed by atoms with Crippen LogP contribution in [0.15, 0.2) is 29.3 Å². The van der Waals surface area contributed by atoms with E-state index in [1.165, 1.54) is 4.90 Å². The third kappa shape index (κ3) is 7.12. The lowest BCUT2D eigenvalue weighted by molar-refractivity contribution is -0.143. The van der Waals surface area contributed by atoms with Crippen molar-refractivity contribution < 1.29 is 13.2 Å². The van der Waals surface area contributed by atoms with Gasteiger partial charge >= 0.3 is 6.18 Å². The van der Waals surface area contributed by atoms with Gasteiger partial charge in [-0.15, -0.1) is 0 Å². The summed E-state index contributed by atoms with van der Waals surface area (Å²) in [6.07, 6.45) is -2.77. The van der Waals surface area contributed by atoms with Crippen LogP contribution in [0.25, 0.3) is 0 Å². The zero-order chi connectivity index (χ0) is 18.3. The van der Waals surface area contributed by atoms with Crippen LogP contribution in [0.1, 0.15) is 18.9 Å². The van der Waals surface area contributed by atoms with Crippen molar-refractivity contribution in [2.45, 2.75) is 32.0 Å². The monoisotopic (exact) mass is 376 g/mol. The maximum Gasteiger partial charge on any atom is 0.401 e. The number of aliphatic imine (C=N–C) groups is 1. The maximum absolute atomic E-state index is 12.5. The third-order valence-electron chi connectivity index (χ3n) is 3.97. The number of guanidine groups is 1. The molecule has 1 aromatic rings. The molecular formula is C17H24ClF3N4. The van der Waals surface area contributed by atoms with Gasteiger partial charge in [-0.05, 0) is 31.4 Å². The summed E-state index contributed by atoms with van der Waals surface area (Å²) in [5.41, 5.74) is 1.03. The van der Waals surface area contributed by atoms with Crippen molar-refractivity contribution in [3.05, 3.63) is 34.9 Å². The molecule has 0 aromatic heterocycles. The lowest BCUT2D eigenvalue weighted by Gasteiger charge is -2.19. The van der Waals surface area contributed by atoms with Crippen molar-refractivity contribution in [3.8, 4) is 0 Å². The number of benzene rings is 1. The molecule has 1 aliphatic rings. The molecule has 4 nitrogen and oxygen atoms in total. The summed E-state index contributed by atoms with van der Waals surface area (Å²) < 4.78 is 37.4. The van der Waals surface area contributed by atoms with E-state index in [4.69, 9.17) is 11.6 Å². The molecule has 0 saturated carbocycles. The van der Waals surface area contributed by atoms with Crippen molar-refractivity contribution in [3.63, 3.8) is 0 Å². The summed E-state index contributed by atoms with van der Waals surface area (Å²) in [7, 11) is 0. The summed E-state index contributed by atoms with van der Waals surface area (Å²) in [6, 6.07) is 7.60. The van der Waals surface area contributed by atoms with Gasteiger partial charge in [0.25, 0.3) is 0 Å². The minimum atomic E-state index is -4.15. The molecule has 140 valence electrons. The van der Waals surface area contributed by atoms with Gasteiger partial charge in [0.05, 0.1) is 6.54 Å². The highest BCUT2D eigenvalue weighted by Gasteiger charge is 2.34. The van der Waals surface area contributed by atoms with Gasteiger partial charge < -0.3 is 10.6 Å². The Morgan fingerprint density at radius 3 is 2.80 bits per heavy atom. The van der Waals surface area contributed by atoms with Crippen LogP contribution >= 0.6 is 11.6 Å². The lowest BCUT2D eigenvalue weighted by atomic mass is 10.1. The molecular weight excluding hydrogens is 353 g/mol. The molecule has 0 spiro atoms. The summed E-state index contributed by atoms with van der Waals surface area (Å²) >= 11 is 6.13. The molecule has 1 atom stereocenters. The molecule has 0 amide bonds. The number of hydrogen-bond acceptors (Lipinski definition) is 2. The molecule has 1 heterocycles. The Labute approximate surface area is 151 Å². The van der Waals surface area contributed by atoms with E-state index < -0.39 is 12.7 Å². The fourth-order valence-electron chi connectivity index (χ4n) is 2.85. The van der Waals surface area contributed by atoms with Crippen molar-refractivity contribution in [2.75, 3.05) is 32.7 Å². The first-order chi connectivity index (χ1) is 11.9. The summed E-state index contributed by atoms with van der Waals surface area (Å²) in [4.78, 5) is 5.93. The minimum absolute atomic E-state index is 0.0273. The van der Waals surface area contributed by atoms with Crippen molar-refractivity contribution in [1.29, 1.82) is 0 Å². The van der Waals surface area contributed by atoms with E-state index in [2.05, 4.69) is 15.6 Å². The molecule has 1 fully saturated rings. The molecule has 1 unspecified atom stereocenters. The van der Waals surface area contributed by atoms with Gasteiger partial charge in [-0.3, -0.25) is 9.89 Å². The topological polar surface area (TPSA) is 39.7 Å². The van der Waals surface area contributed by atoms with Crippen LogP contribution in [0.3, 0.4) is 0 Å². The summed E-state index contributed by atoms with van der Waals surface area (Å²) in [5, 5.41) is 7.09. The number of hydrogen-bond donors (Lipinski definition) is 2. The number of likely N-dealkylation sites (tertiary alicyclic amines) is 1. The van der Waals surface area contributed by atoms with Gasteiger partial charge in [-0.25, -0.2) is 0 Å². The predicted molar refractivity (Wildman–Crippen MR) is 95.2 cm³/mol. The number of halogens is 4. The number of nitrogens with one attached hydrogen (secondary N) is 2. The lowest BCUT2D eigenvalue weighted by Crippen LogP contribution is -2.45. The molecule has 2 N–H and O–H groups in total. The van der Waals surface area contributed by atoms with Crippen LogP contribution in [0, 0.1) is 0 Å². The molecule has 8 heteroatoms. The van der Waals surface area contributed by atoms with Crippen molar-refractivity contribution >= 4 is 17.6 Å². The average Bonchev–Trinajstić information content (AvgIpc) is 2.94. The van der Waals surface area contributed by atoms with Crippen molar-refractivity contribution in [2.24, 2.45) is 4.99 Å². The molecule has 1 saturated heterocycles. The smallest absolute Gasteiger partial charge is 0.357 e. The standard InChI is InChI=1S/C17H24ClF3N4/c1-2-22-16(23-9-7-13-5-3-4-6-15(13)18)24-14-8-10-25(11-14)12-17(19,20)21/h3-6,14H,2,7-12H2,1H3,(H2,22,23,24). The Balaban J connectivity index is 1.85. The van der Waals surface area contributed by atoms with E-state index in [-0.39, 0.29) is 6.04 Å². The van der Waals surface area contributed by atoms with Gasteiger partial charge in [0, 0.05) is 37.2 Å². The Morgan fingerprint density at radius 2 is 2.12 bits per heavy atom. The van der Waals surface area contributed by atoms with Crippen LogP contribution in [-0.4, -0.2) is 55.8 Å². The van der Waals surface area contributed by atoms with Crippen molar-refractivity contribution in [1.82, 2.24) is 15.5 Å².